The van der Waals surface area contributed by atoms with E-state index in [0.29, 0.717) is 5.75 Å². The summed E-state index contributed by atoms with van der Waals surface area (Å²) in [6.45, 7) is 7.21. The van der Waals surface area contributed by atoms with Crippen molar-refractivity contribution in [2.45, 2.75) is 63.9 Å². The molecule has 3 amide bonds. The smallest absolute Gasteiger partial charge is 0.271 e. The minimum Gasteiger partial charge on any atom is -0.469 e. The average molecular weight is 560 g/mol. The standard InChI is InChI=1S/C30H33N5O6/c1-13(2)21-28-35-22(25(31)37)24(41-28)30-16-7-5-6-8-18(16)33-29(30)40-20-10-9-15(11-17(20)30)12-19(26(38)34-21)32-27(39)23(36)14(3)4/h5-11,13-14,19,21,23,29,33,36H,12H2,1-4H3,(H2,31,37)(H,32,39)(H,34,38)/t19-,21-,23-,29?,30-/m0/s1. The number of hydrogen-bond acceptors (Lipinski definition) is 8. The van der Waals surface area contributed by atoms with E-state index in [0.717, 1.165) is 22.4 Å². The van der Waals surface area contributed by atoms with E-state index >= 15 is 0 Å². The highest BCUT2D eigenvalue weighted by atomic mass is 16.5. The molecule has 4 bridgehead atoms. The molecule has 1 unspecified atom stereocenters. The van der Waals surface area contributed by atoms with Gasteiger partial charge in [-0.2, -0.15) is 0 Å². The fourth-order valence-electron chi connectivity index (χ4n) is 6.03. The summed E-state index contributed by atoms with van der Waals surface area (Å²) in [5, 5.41) is 19.5. The Morgan fingerprint density at radius 3 is 2.59 bits per heavy atom. The summed E-state index contributed by atoms with van der Waals surface area (Å²) in [6, 6.07) is 11.5. The van der Waals surface area contributed by atoms with Gasteiger partial charge in [-0.1, -0.05) is 58.0 Å². The van der Waals surface area contributed by atoms with Crippen LogP contribution < -0.4 is 26.4 Å². The Balaban J connectivity index is 1.59. The van der Waals surface area contributed by atoms with Gasteiger partial charge in [0, 0.05) is 17.7 Å². The predicted molar refractivity (Wildman–Crippen MR) is 148 cm³/mol. The molecule has 0 aliphatic carbocycles. The van der Waals surface area contributed by atoms with Crippen LogP contribution in [0.4, 0.5) is 5.69 Å². The van der Waals surface area contributed by atoms with Gasteiger partial charge in [0.1, 0.15) is 29.4 Å². The molecule has 214 valence electrons. The van der Waals surface area contributed by atoms with Gasteiger partial charge in [-0.05, 0) is 35.1 Å². The van der Waals surface area contributed by atoms with Crippen molar-refractivity contribution >= 4 is 23.4 Å². The van der Waals surface area contributed by atoms with Crippen molar-refractivity contribution in [2.24, 2.45) is 17.6 Å². The van der Waals surface area contributed by atoms with Crippen LogP contribution in [0.1, 0.15) is 72.6 Å². The Hall–Kier alpha value is -4.38. The lowest BCUT2D eigenvalue weighted by Crippen LogP contribution is -2.52. The number of amides is 3. The number of nitrogens with zero attached hydrogens (tertiary/aromatic N) is 1. The van der Waals surface area contributed by atoms with E-state index in [2.05, 4.69) is 20.9 Å². The predicted octanol–water partition coefficient (Wildman–Crippen LogP) is 2.12. The third kappa shape index (κ3) is 4.06. The molecule has 11 nitrogen and oxygen atoms in total. The molecule has 2 aromatic carbocycles. The molecule has 41 heavy (non-hydrogen) atoms. The average Bonchev–Trinajstić information content (AvgIpc) is 3.59. The molecular weight excluding hydrogens is 526 g/mol. The number of anilines is 1. The Morgan fingerprint density at radius 1 is 1.12 bits per heavy atom. The van der Waals surface area contributed by atoms with E-state index in [1.165, 1.54) is 0 Å². The number of hydrogen-bond donors (Lipinski definition) is 5. The largest absolute Gasteiger partial charge is 0.469 e. The summed E-state index contributed by atoms with van der Waals surface area (Å²) < 4.78 is 12.9. The number of aliphatic hydroxyl groups is 1. The Kier molecular flexibility index (Phi) is 6.29. The summed E-state index contributed by atoms with van der Waals surface area (Å²) in [7, 11) is 0. The van der Waals surface area contributed by atoms with Crippen molar-refractivity contribution in [3.05, 3.63) is 76.5 Å². The van der Waals surface area contributed by atoms with Gasteiger partial charge in [0.25, 0.3) is 5.91 Å². The lowest BCUT2D eigenvalue weighted by atomic mass is 9.72. The number of fused-ring (bicyclic) bond motifs is 4. The molecule has 1 aromatic heterocycles. The fraction of sp³-hybridized carbons (Fsp3) is 0.400. The molecule has 3 aliphatic rings. The number of carbonyl (C=O) groups is 3. The van der Waals surface area contributed by atoms with Crippen LogP contribution in [0, 0.1) is 11.8 Å². The topological polar surface area (TPSA) is 169 Å². The fourth-order valence-corrected chi connectivity index (χ4v) is 6.03. The molecule has 11 heteroatoms. The van der Waals surface area contributed by atoms with Crippen molar-refractivity contribution < 1.29 is 28.6 Å². The van der Waals surface area contributed by atoms with E-state index < -0.39 is 47.6 Å². The van der Waals surface area contributed by atoms with Gasteiger partial charge in [0.2, 0.25) is 17.7 Å². The van der Waals surface area contributed by atoms with Gasteiger partial charge in [-0.3, -0.25) is 14.4 Å². The van der Waals surface area contributed by atoms with Crippen molar-refractivity contribution in [2.75, 3.05) is 5.32 Å². The number of nitrogens with one attached hydrogen (secondary N) is 3. The minimum atomic E-state index is -1.28. The van der Waals surface area contributed by atoms with Crippen LogP contribution in [0.25, 0.3) is 0 Å². The van der Waals surface area contributed by atoms with Crippen molar-refractivity contribution in [1.29, 1.82) is 0 Å². The quantitative estimate of drug-likeness (QED) is 0.317. The molecule has 6 rings (SSSR count). The second-order valence-corrected chi connectivity index (χ2v) is 11.6. The maximum atomic E-state index is 13.7. The van der Waals surface area contributed by atoms with Crippen LogP contribution in [0.15, 0.2) is 46.9 Å². The second-order valence-electron chi connectivity index (χ2n) is 11.6. The van der Waals surface area contributed by atoms with E-state index in [9.17, 15) is 19.5 Å². The number of para-hydroxylation sites is 1. The molecule has 0 fully saturated rings. The number of carbonyl (C=O) groups excluding carboxylic acids is 3. The van der Waals surface area contributed by atoms with Crippen LogP contribution in [0.2, 0.25) is 0 Å². The van der Waals surface area contributed by atoms with E-state index in [-0.39, 0.29) is 35.6 Å². The zero-order valence-electron chi connectivity index (χ0n) is 23.2. The highest BCUT2D eigenvalue weighted by Crippen LogP contribution is 2.58. The number of aromatic nitrogens is 1. The van der Waals surface area contributed by atoms with Gasteiger partial charge >= 0.3 is 0 Å². The monoisotopic (exact) mass is 559 g/mol. The molecule has 3 aromatic rings. The van der Waals surface area contributed by atoms with Crippen LogP contribution in [0.5, 0.6) is 5.75 Å². The van der Waals surface area contributed by atoms with E-state index in [4.69, 9.17) is 14.9 Å². The highest BCUT2D eigenvalue weighted by Gasteiger charge is 2.61. The first-order valence-corrected chi connectivity index (χ1v) is 13.8. The molecule has 6 N–H and O–H groups in total. The zero-order valence-corrected chi connectivity index (χ0v) is 23.2. The molecular formula is C30H33N5O6. The molecule has 0 saturated heterocycles. The van der Waals surface area contributed by atoms with Crippen LogP contribution in [0.3, 0.4) is 0 Å². The number of aliphatic hydroxyl groups excluding tert-OH is 1. The highest BCUT2D eigenvalue weighted by molar-refractivity contribution is 5.94. The number of oxazole rings is 1. The molecule has 4 heterocycles. The third-order valence-corrected chi connectivity index (χ3v) is 8.18. The van der Waals surface area contributed by atoms with Gasteiger partial charge in [0.15, 0.2) is 17.7 Å². The normalized spacial score (nSPS) is 24.8. The lowest BCUT2D eigenvalue weighted by Gasteiger charge is -2.29. The summed E-state index contributed by atoms with van der Waals surface area (Å²) in [5.41, 5.74) is 7.83. The van der Waals surface area contributed by atoms with Gasteiger partial charge in [-0.25, -0.2) is 4.98 Å². The lowest BCUT2D eigenvalue weighted by molar-refractivity contribution is -0.135. The van der Waals surface area contributed by atoms with E-state index in [1.54, 1.807) is 19.9 Å². The molecule has 0 saturated carbocycles. The minimum absolute atomic E-state index is 0.0468. The molecule has 0 radical (unpaired) electrons. The third-order valence-electron chi connectivity index (χ3n) is 8.18. The first-order valence-electron chi connectivity index (χ1n) is 13.8. The summed E-state index contributed by atoms with van der Waals surface area (Å²) in [5.74, 6) is -1.50. The van der Waals surface area contributed by atoms with Crippen molar-refractivity contribution in [3.8, 4) is 5.75 Å². The first kappa shape index (κ1) is 26.8. The summed E-state index contributed by atoms with van der Waals surface area (Å²) in [6.07, 6.45) is -1.79. The van der Waals surface area contributed by atoms with Gasteiger partial charge in [-0.15, -0.1) is 0 Å². The Morgan fingerprint density at radius 2 is 1.88 bits per heavy atom. The molecule has 3 aliphatic heterocycles. The Labute approximate surface area is 236 Å². The molecule has 1 spiro atoms. The SMILES string of the molecule is CC(C)[C@H](O)C(=O)N[C@H]1Cc2ccc3c(c2)[C@@]2(c4ccccc4NC2O3)c2oc(nc2C(N)=O)[C@H](C(C)C)NC1=O. The van der Waals surface area contributed by atoms with E-state index in [1.807, 2.05) is 50.2 Å². The second kappa shape index (κ2) is 9.62. The number of benzene rings is 2. The first-order chi connectivity index (χ1) is 19.5. The zero-order chi connectivity index (χ0) is 29.2. The maximum Gasteiger partial charge on any atom is 0.271 e. The summed E-state index contributed by atoms with van der Waals surface area (Å²) in [4.78, 5) is 44.0. The van der Waals surface area contributed by atoms with Crippen LogP contribution in [-0.4, -0.2) is 46.2 Å². The number of primary amides is 1. The van der Waals surface area contributed by atoms with Crippen LogP contribution in [-0.2, 0) is 21.4 Å². The van der Waals surface area contributed by atoms with Crippen molar-refractivity contribution in [1.82, 2.24) is 15.6 Å². The number of rotatable bonds is 5. The summed E-state index contributed by atoms with van der Waals surface area (Å²) >= 11 is 0. The van der Waals surface area contributed by atoms with Crippen molar-refractivity contribution in [3.63, 3.8) is 0 Å². The maximum absolute atomic E-state index is 13.7. The van der Waals surface area contributed by atoms with Gasteiger partial charge < -0.3 is 35.9 Å². The Bertz CT molecular complexity index is 1560. The number of nitrogens with two attached hydrogens (primary N) is 1. The molecule has 5 atom stereocenters. The van der Waals surface area contributed by atoms with Gasteiger partial charge in [0.05, 0.1) is 0 Å². The van der Waals surface area contributed by atoms with Crippen LogP contribution >= 0.6 is 0 Å². The number of ether oxygens (including phenoxy) is 1.